The molecule has 0 bridgehead atoms. The number of amides is 1. The highest BCUT2D eigenvalue weighted by Crippen LogP contribution is 2.26. The molecule has 1 atom stereocenters. The van der Waals surface area contributed by atoms with E-state index in [9.17, 15) is 10.1 Å². The van der Waals surface area contributed by atoms with E-state index in [1.165, 1.54) is 11.8 Å². The fourth-order valence-corrected chi connectivity index (χ4v) is 3.58. The number of pyridine rings is 1. The van der Waals surface area contributed by atoms with Gasteiger partial charge in [0.15, 0.2) is 0 Å². The molecule has 0 spiro atoms. The predicted molar refractivity (Wildman–Crippen MR) is 115 cm³/mol. The van der Waals surface area contributed by atoms with Crippen molar-refractivity contribution in [2.75, 3.05) is 12.9 Å². The molecule has 0 saturated carbocycles. The Morgan fingerprint density at radius 3 is 2.52 bits per heavy atom. The fourth-order valence-electron chi connectivity index (χ4n) is 2.80. The van der Waals surface area contributed by atoms with Gasteiger partial charge in [-0.25, -0.2) is 4.98 Å². The largest absolute Gasteiger partial charge is 0.497 e. The summed E-state index contributed by atoms with van der Waals surface area (Å²) in [5.74, 6) is 0.846. The number of rotatable bonds is 7. The number of thioether (sulfide) groups is 1. The number of methoxy groups -OCH3 is 1. The van der Waals surface area contributed by atoms with Gasteiger partial charge < -0.3 is 10.1 Å². The molecule has 0 radical (unpaired) electrons. The molecule has 0 aliphatic rings. The zero-order valence-corrected chi connectivity index (χ0v) is 17.1. The number of aromatic nitrogens is 1. The topological polar surface area (TPSA) is 75.0 Å². The monoisotopic (exact) mass is 403 g/mol. The van der Waals surface area contributed by atoms with Crippen LogP contribution in [0.2, 0.25) is 0 Å². The van der Waals surface area contributed by atoms with E-state index in [0.29, 0.717) is 10.6 Å². The van der Waals surface area contributed by atoms with Crippen LogP contribution in [0.15, 0.2) is 71.8 Å². The number of nitrogens with zero attached hydrogens (tertiary/aromatic N) is 2. The minimum absolute atomic E-state index is 0.0849. The molecule has 1 aromatic heterocycles. The van der Waals surface area contributed by atoms with Gasteiger partial charge in [0.2, 0.25) is 5.91 Å². The van der Waals surface area contributed by atoms with Gasteiger partial charge in [-0.2, -0.15) is 5.26 Å². The van der Waals surface area contributed by atoms with Crippen LogP contribution in [0.1, 0.15) is 24.1 Å². The lowest BCUT2D eigenvalue weighted by atomic mass is 10.1. The van der Waals surface area contributed by atoms with Gasteiger partial charge in [-0.3, -0.25) is 4.79 Å². The molecule has 2 aromatic carbocycles. The van der Waals surface area contributed by atoms with Crippen LogP contribution in [0.25, 0.3) is 11.3 Å². The highest BCUT2D eigenvalue weighted by atomic mass is 32.2. The normalized spacial score (nSPS) is 11.3. The number of hydrogen-bond acceptors (Lipinski definition) is 5. The van der Waals surface area contributed by atoms with Crippen LogP contribution in [0.4, 0.5) is 0 Å². The van der Waals surface area contributed by atoms with Crippen molar-refractivity contribution in [1.82, 2.24) is 10.3 Å². The minimum atomic E-state index is -0.105. The average Bonchev–Trinajstić information content (AvgIpc) is 2.78. The third kappa shape index (κ3) is 5.37. The number of hydrogen-bond donors (Lipinski definition) is 1. The average molecular weight is 404 g/mol. The van der Waals surface area contributed by atoms with Crippen LogP contribution >= 0.6 is 11.8 Å². The Hall–Kier alpha value is -3.30. The summed E-state index contributed by atoms with van der Waals surface area (Å²) >= 11 is 1.26. The van der Waals surface area contributed by atoms with E-state index >= 15 is 0 Å². The molecule has 5 nitrogen and oxygen atoms in total. The molecular formula is C23H21N3O2S. The Kier molecular flexibility index (Phi) is 6.88. The predicted octanol–water partition coefficient (Wildman–Crippen LogP) is 4.60. The number of carbonyl (C=O) groups excluding carboxylic acids is 1. The van der Waals surface area contributed by atoms with Gasteiger partial charge in [0.1, 0.15) is 16.8 Å². The standard InChI is InChI=1S/C23H21N3O2S/c1-16(17-6-4-3-5-7-17)25-22(27)15-29-23-19(14-24)10-13-21(26-23)18-8-11-20(28-2)12-9-18/h3-13,16H,15H2,1-2H3,(H,25,27). The zero-order chi connectivity index (χ0) is 20.6. The van der Waals surface area contributed by atoms with E-state index in [1.807, 2.05) is 67.6 Å². The van der Waals surface area contributed by atoms with E-state index in [0.717, 1.165) is 22.6 Å². The maximum Gasteiger partial charge on any atom is 0.230 e. The summed E-state index contributed by atoms with van der Waals surface area (Å²) in [7, 11) is 1.62. The molecule has 29 heavy (non-hydrogen) atoms. The van der Waals surface area contributed by atoms with Gasteiger partial charge in [0, 0.05) is 5.56 Å². The lowest BCUT2D eigenvalue weighted by molar-refractivity contribution is -0.119. The number of nitrogens with one attached hydrogen (secondary N) is 1. The van der Waals surface area contributed by atoms with Crippen molar-refractivity contribution in [2.45, 2.75) is 18.0 Å². The van der Waals surface area contributed by atoms with Crippen LogP contribution in [0, 0.1) is 11.3 Å². The third-order valence-corrected chi connectivity index (χ3v) is 5.37. The molecule has 0 saturated heterocycles. The van der Waals surface area contributed by atoms with Crippen LogP contribution in [0.5, 0.6) is 5.75 Å². The van der Waals surface area contributed by atoms with Gasteiger partial charge in [0.25, 0.3) is 0 Å². The number of benzene rings is 2. The SMILES string of the molecule is COc1ccc(-c2ccc(C#N)c(SCC(=O)NC(C)c3ccccc3)n2)cc1. The smallest absolute Gasteiger partial charge is 0.230 e. The first-order chi connectivity index (χ1) is 14.1. The lowest BCUT2D eigenvalue weighted by Gasteiger charge is -2.14. The molecule has 0 aliphatic carbocycles. The molecule has 0 fully saturated rings. The molecule has 1 unspecified atom stereocenters. The number of carbonyl (C=O) groups is 1. The summed E-state index contributed by atoms with van der Waals surface area (Å²) in [6, 6.07) is 22.9. The Morgan fingerprint density at radius 2 is 1.86 bits per heavy atom. The molecule has 3 aromatic rings. The molecule has 1 amide bonds. The molecule has 3 rings (SSSR count). The summed E-state index contributed by atoms with van der Waals surface area (Å²) in [5.41, 5.74) is 3.16. The highest BCUT2D eigenvalue weighted by molar-refractivity contribution is 8.00. The Balaban J connectivity index is 1.69. The lowest BCUT2D eigenvalue weighted by Crippen LogP contribution is -2.28. The van der Waals surface area contributed by atoms with E-state index in [2.05, 4.69) is 16.4 Å². The van der Waals surface area contributed by atoms with E-state index in [1.54, 1.807) is 13.2 Å². The van der Waals surface area contributed by atoms with Crippen LogP contribution < -0.4 is 10.1 Å². The van der Waals surface area contributed by atoms with Crippen molar-refractivity contribution in [3.8, 4) is 23.1 Å². The minimum Gasteiger partial charge on any atom is -0.497 e. The Bertz CT molecular complexity index is 1010. The second-order valence-electron chi connectivity index (χ2n) is 6.38. The van der Waals surface area contributed by atoms with Crippen molar-refractivity contribution < 1.29 is 9.53 Å². The maximum absolute atomic E-state index is 12.4. The molecule has 6 heteroatoms. The molecular weight excluding hydrogens is 382 g/mol. The van der Waals surface area contributed by atoms with Gasteiger partial charge >= 0.3 is 0 Å². The second kappa shape index (κ2) is 9.76. The number of nitriles is 1. The van der Waals surface area contributed by atoms with Crippen molar-refractivity contribution in [3.63, 3.8) is 0 Å². The summed E-state index contributed by atoms with van der Waals surface area (Å²) < 4.78 is 5.18. The first kappa shape index (κ1) is 20.4. The summed E-state index contributed by atoms with van der Waals surface area (Å²) in [6.45, 7) is 1.95. The maximum atomic E-state index is 12.4. The van der Waals surface area contributed by atoms with Crippen molar-refractivity contribution in [2.24, 2.45) is 0 Å². The molecule has 146 valence electrons. The molecule has 0 aliphatic heterocycles. The zero-order valence-electron chi connectivity index (χ0n) is 16.3. The first-order valence-corrected chi connectivity index (χ1v) is 10.1. The van der Waals surface area contributed by atoms with E-state index in [4.69, 9.17) is 4.74 Å². The van der Waals surface area contributed by atoms with Gasteiger partial charge in [-0.05, 0) is 48.9 Å². The van der Waals surface area contributed by atoms with Crippen molar-refractivity contribution >= 4 is 17.7 Å². The molecule has 1 N–H and O–H groups in total. The summed E-state index contributed by atoms with van der Waals surface area (Å²) in [6.07, 6.45) is 0. The van der Waals surface area contributed by atoms with Crippen LogP contribution in [-0.4, -0.2) is 23.8 Å². The van der Waals surface area contributed by atoms with E-state index in [-0.39, 0.29) is 17.7 Å². The number of ether oxygens (including phenoxy) is 1. The second-order valence-corrected chi connectivity index (χ2v) is 7.34. The van der Waals surface area contributed by atoms with Crippen molar-refractivity contribution in [3.05, 3.63) is 77.9 Å². The van der Waals surface area contributed by atoms with E-state index < -0.39 is 0 Å². The summed E-state index contributed by atoms with van der Waals surface area (Å²) in [4.78, 5) is 17.0. The molecule has 1 heterocycles. The van der Waals surface area contributed by atoms with Crippen molar-refractivity contribution in [1.29, 1.82) is 5.26 Å². The Morgan fingerprint density at radius 1 is 1.14 bits per heavy atom. The summed E-state index contributed by atoms with van der Waals surface area (Å²) in [5, 5.41) is 12.9. The first-order valence-electron chi connectivity index (χ1n) is 9.13. The third-order valence-electron chi connectivity index (χ3n) is 4.38. The fraction of sp³-hybridized carbons (Fsp3) is 0.174. The van der Waals surface area contributed by atoms with Gasteiger partial charge in [-0.1, -0.05) is 42.1 Å². The highest BCUT2D eigenvalue weighted by Gasteiger charge is 2.13. The Labute approximate surface area is 174 Å². The van der Waals surface area contributed by atoms with Gasteiger partial charge in [0.05, 0.1) is 30.2 Å². The van der Waals surface area contributed by atoms with Crippen LogP contribution in [-0.2, 0) is 4.79 Å². The van der Waals surface area contributed by atoms with Gasteiger partial charge in [-0.15, -0.1) is 0 Å². The quantitative estimate of drug-likeness (QED) is 0.584. The van der Waals surface area contributed by atoms with Crippen LogP contribution in [0.3, 0.4) is 0 Å².